The molecule has 3 aromatic rings. The highest BCUT2D eigenvalue weighted by molar-refractivity contribution is 5.97. The zero-order chi connectivity index (χ0) is 20.8. The maximum atomic E-state index is 13.4. The Balaban J connectivity index is 2.01. The second-order valence-corrected chi connectivity index (χ2v) is 7.25. The van der Waals surface area contributed by atoms with Crippen molar-refractivity contribution in [2.45, 2.75) is 19.4 Å². The fraction of sp³-hybridized carbons (Fsp3) is 0.217. The van der Waals surface area contributed by atoms with Crippen molar-refractivity contribution < 1.29 is 23.4 Å². The van der Waals surface area contributed by atoms with Crippen molar-refractivity contribution in [2.75, 3.05) is 14.2 Å². The lowest BCUT2D eigenvalue weighted by Gasteiger charge is -2.35. The van der Waals surface area contributed by atoms with Crippen LogP contribution in [0.2, 0.25) is 0 Å². The van der Waals surface area contributed by atoms with Gasteiger partial charge in [0.25, 0.3) is 0 Å². The van der Waals surface area contributed by atoms with Gasteiger partial charge in [0.15, 0.2) is 0 Å². The Labute approximate surface area is 168 Å². The Morgan fingerprint density at radius 2 is 1.76 bits per heavy atom. The van der Waals surface area contributed by atoms with Crippen molar-refractivity contribution in [3.8, 4) is 34.0 Å². The number of fused-ring (bicyclic) bond motifs is 3. The molecule has 0 spiro atoms. The summed E-state index contributed by atoms with van der Waals surface area (Å²) in [6.45, 7) is 3.82. The predicted molar refractivity (Wildman–Crippen MR) is 107 cm³/mol. The van der Waals surface area contributed by atoms with Crippen LogP contribution in [0, 0.1) is 5.82 Å². The molecule has 148 valence electrons. The van der Waals surface area contributed by atoms with E-state index < -0.39 is 11.6 Å². The van der Waals surface area contributed by atoms with E-state index in [4.69, 9.17) is 19.2 Å². The maximum Gasteiger partial charge on any atom is 0.340 e. The van der Waals surface area contributed by atoms with Crippen molar-refractivity contribution in [3.63, 3.8) is 0 Å². The second kappa shape index (κ2) is 6.88. The van der Waals surface area contributed by atoms with Gasteiger partial charge >= 0.3 is 5.97 Å². The second-order valence-electron chi connectivity index (χ2n) is 7.25. The number of rotatable bonds is 3. The van der Waals surface area contributed by atoms with Gasteiger partial charge in [-0.2, -0.15) is 0 Å². The van der Waals surface area contributed by atoms with E-state index in [1.165, 1.54) is 19.2 Å². The van der Waals surface area contributed by atoms with Gasteiger partial charge in [-0.15, -0.1) is 0 Å². The Hall–Kier alpha value is -3.41. The van der Waals surface area contributed by atoms with Crippen LogP contribution in [-0.2, 0) is 10.3 Å². The van der Waals surface area contributed by atoms with E-state index in [-0.39, 0.29) is 5.82 Å². The summed E-state index contributed by atoms with van der Waals surface area (Å²) in [5.41, 5.74) is 2.87. The number of benzene rings is 2. The summed E-state index contributed by atoms with van der Waals surface area (Å²) in [4.78, 5) is 17.3. The van der Waals surface area contributed by atoms with Crippen LogP contribution in [0.1, 0.15) is 29.8 Å². The molecule has 6 heteroatoms. The van der Waals surface area contributed by atoms with Gasteiger partial charge in [-0.3, -0.25) is 0 Å². The normalized spacial score (nSPS) is 13.7. The summed E-state index contributed by atoms with van der Waals surface area (Å²) in [7, 11) is 2.91. The maximum absolute atomic E-state index is 13.4. The van der Waals surface area contributed by atoms with Gasteiger partial charge in [0.1, 0.15) is 22.9 Å². The van der Waals surface area contributed by atoms with Gasteiger partial charge < -0.3 is 14.2 Å². The highest BCUT2D eigenvalue weighted by Crippen LogP contribution is 2.46. The van der Waals surface area contributed by atoms with E-state index in [2.05, 4.69) is 0 Å². The van der Waals surface area contributed by atoms with Gasteiger partial charge in [0.2, 0.25) is 0 Å². The number of methoxy groups -OCH3 is 2. The van der Waals surface area contributed by atoms with E-state index in [1.807, 2.05) is 32.0 Å². The molecule has 4 rings (SSSR count). The number of pyridine rings is 1. The SMILES string of the molecule is COC(=O)c1cc2c(nc1-c1ccc(F)cc1)-c1ccc(OC)cc1OC2(C)C. The molecule has 0 radical (unpaired) electrons. The topological polar surface area (TPSA) is 57.7 Å². The van der Waals surface area contributed by atoms with Crippen molar-refractivity contribution in [2.24, 2.45) is 0 Å². The molecule has 0 aliphatic carbocycles. The highest BCUT2D eigenvalue weighted by atomic mass is 19.1. The quantitative estimate of drug-likeness (QED) is 0.588. The molecule has 1 aromatic heterocycles. The number of hydrogen-bond acceptors (Lipinski definition) is 5. The number of esters is 1. The minimum absolute atomic E-state index is 0.298. The number of halogens is 1. The molecular formula is C23H20FNO4. The minimum Gasteiger partial charge on any atom is -0.497 e. The number of ether oxygens (including phenoxy) is 3. The molecule has 1 aliphatic rings. The molecule has 0 N–H and O–H groups in total. The molecule has 5 nitrogen and oxygen atoms in total. The summed E-state index contributed by atoms with van der Waals surface area (Å²) >= 11 is 0. The molecule has 0 atom stereocenters. The van der Waals surface area contributed by atoms with Gasteiger partial charge in [0.05, 0.1) is 31.2 Å². The summed E-state index contributed by atoms with van der Waals surface area (Å²) in [6.07, 6.45) is 0. The Kier molecular flexibility index (Phi) is 4.49. The van der Waals surface area contributed by atoms with E-state index in [0.717, 1.165) is 11.1 Å². The number of aromatic nitrogens is 1. The third kappa shape index (κ3) is 3.20. The first-order chi connectivity index (χ1) is 13.8. The first kappa shape index (κ1) is 18.9. The highest BCUT2D eigenvalue weighted by Gasteiger charge is 2.36. The molecule has 0 amide bonds. The monoisotopic (exact) mass is 393 g/mol. The number of carbonyl (C=O) groups is 1. The van der Waals surface area contributed by atoms with Crippen LogP contribution in [0.3, 0.4) is 0 Å². The summed E-state index contributed by atoms with van der Waals surface area (Å²) < 4.78 is 29.9. The van der Waals surface area contributed by atoms with E-state index >= 15 is 0 Å². The third-order valence-electron chi connectivity index (χ3n) is 5.00. The van der Waals surface area contributed by atoms with Crippen LogP contribution in [0.5, 0.6) is 11.5 Å². The van der Waals surface area contributed by atoms with E-state index in [0.29, 0.717) is 34.0 Å². The van der Waals surface area contributed by atoms with E-state index in [1.54, 1.807) is 25.3 Å². The lowest BCUT2D eigenvalue weighted by Crippen LogP contribution is -2.30. The first-order valence-electron chi connectivity index (χ1n) is 9.11. The molecule has 0 bridgehead atoms. The number of hydrogen-bond donors (Lipinski definition) is 0. The molecule has 2 aromatic carbocycles. The first-order valence-corrected chi connectivity index (χ1v) is 9.11. The number of carbonyl (C=O) groups excluding carboxylic acids is 1. The Morgan fingerprint density at radius 1 is 1.03 bits per heavy atom. The molecule has 0 saturated heterocycles. The average Bonchev–Trinajstić information content (AvgIpc) is 2.72. The Morgan fingerprint density at radius 3 is 2.41 bits per heavy atom. The van der Waals surface area contributed by atoms with Gasteiger partial charge in [-0.1, -0.05) is 0 Å². The lowest BCUT2D eigenvalue weighted by atomic mass is 9.87. The van der Waals surface area contributed by atoms with Gasteiger partial charge in [0, 0.05) is 22.8 Å². The number of nitrogens with zero attached hydrogens (tertiary/aromatic N) is 1. The largest absolute Gasteiger partial charge is 0.497 e. The smallest absolute Gasteiger partial charge is 0.340 e. The van der Waals surface area contributed by atoms with Crippen molar-refractivity contribution in [1.82, 2.24) is 4.98 Å². The molecule has 0 unspecified atom stereocenters. The minimum atomic E-state index is -0.730. The summed E-state index contributed by atoms with van der Waals surface area (Å²) in [6, 6.07) is 13.1. The fourth-order valence-electron chi connectivity index (χ4n) is 3.51. The lowest BCUT2D eigenvalue weighted by molar-refractivity contribution is 0.0600. The van der Waals surface area contributed by atoms with E-state index in [9.17, 15) is 9.18 Å². The summed E-state index contributed by atoms with van der Waals surface area (Å²) in [5, 5.41) is 0. The molecule has 0 fully saturated rings. The van der Waals surface area contributed by atoms with Gasteiger partial charge in [-0.25, -0.2) is 14.2 Å². The standard InChI is InChI=1S/C23H20FNO4/c1-23(2)18-12-17(22(26)28-4)20(13-5-7-14(24)8-6-13)25-21(18)16-10-9-15(27-3)11-19(16)29-23/h5-12H,1-4H3. The molecular weight excluding hydrogens is 373 g/mol. The van der Waals surface area contributed by atoms with Crippen LogP contribution in [0.25, 0.3) is 22.5 Å². The average molecular weight is 393 g/mol. The molecule has 1 aliphatic heterocycles. The summed E-state index contributed by atoms with van der Waals surface area (Å²) in [5.74, 6) is 0.437. The Bertz CT molecular complexity index is 1110. The third-order valence-corrected chi connectivity index (χ3v) is 5.00. The zero-order valence-electron chi connectivity index (χ0n) is 16.6. The van der Waals surface area contributed by atoms with Crippen LogP contribution in [0.15, 0.2) is 48.5 Å². The fourth-order valence-corrected chi connectivity index (χ4v) is 3.51. The van der Waals surface area contributed by atoms with Crippen molar-refractivity contribution in [1.29, 1.82) is 0 Å². The van der Waals surface area contributed by atoms with Crippen molar-refractivity contribution in [3.05, 3.63) is 65.5 Å². The van der Waals surface area contributed by atoms with Crippen molar-refractivity contribution >= 4 is 5.97 Å². The van der Waals surface area contributed by atoms with Crippen LogP contribution < -0.4 is 9.47 Å². The molecule has 2 heterocycles. The molecule has 0 saturated carbocycles. The molecule has 29 heavy (non-hydrogen) atoms. The van der Waals surface area contributed by atoms with Crippen LogP contribution >= 0.6 is 0 Å². The zero-order valence-corrected chi connectivity index (χ0v) is 16.6. The van der Waals surface area contributed by atoms with Crippen LogP contribution in [-0.4, -0.2) is 25.2 Å². The predicted octanol–water partition coefficient (Wildman–Crippen LogP) is 4.98. The van der Waals surface area contributed by atoms with Gasteiger partial charge in [-0.05, 0) is 56.3 Å². The van der Waals surface area contributed by atoms with Crippen LogP contribution in [0.4, 0.5) is 4.39 Å².